The molecule has 6 nitrogen and oxygen atoms in total. The van der Waals surface area contributed by atoms with E-state index < -0.39 is 0 Å². The second-order valence-electron chi connectivity index (χ2n) is 6.94. The monoisotopic (exact) mass is 331 g/mol. The van der Waals surface area contributed by atoms with Gasteiger partial charge in [0, 0.05) is 45.2 Å². The van der Waals surface area contributed by atoms with Gasteiger partial charge in [-0.1, -0.05) is 6.07 Å². The van der Waals surface area contributed by atoms with Crippen LogP contribution in [0.4, 0.5) is 0 Å². The molecule has 3 saturated heterocycles. The second-order valence-corrected chi connectivity index (χ2v) is 6.94. The van der Waals surface area contributed by atoms with Gasteiger partial charge in [-0.2, -0.15) is 0 Å². The van der Waals surface area contributed by atoms with Crippen molar-refractivity contribution < 1.29 is 14.3 Å². The van der Waals surface area contributed by atoms with E-state index in [4.69, 9.17) is 9.47 Å². The van der Waals surface area contributed by atoms with Crippen LogP contribution in [0, 0.1) is 5.92 Å². The lowest BCUT2D eigenvalue weighted by Crippen LogP contribution is -2.61. The van der Waals surface area contributed by atoms with Crippen LogP contribution in [0.25, 0.3) is 0 Å². The quantitative estimate of drug-likeness (QED) is 0.824. The Bertz CT molecular complexity index is 562. The summed E-state index contributed by atoms with van der Waals surface area (Å²) in [6, 6.07) is 4.36. The van der Waals surface area contributed by atoms with Gasteiger partial charge in [-0.3, -0.25) is 14.7 Å². The number of ether oxygens (including phenoxy) is 2. The SMILES string of the molecule is O=C(C1CCOC1)N1CC[C@H]2OCCN(Cc3cccnc3)[C@@H]2C1. The fourth-order valence-electron chi connectivity index (χ4n) is 4.05. The van der Waals surface area contributed by atoms with Crippen molar-refractivity contribution in [2.24, 2.45) is 5.92 Å². The average Bonchev–Trinajstić information content (AvgIpc) is 3.17. The highest BCUT2D eigenvalue weighted by atomic mass is 16.5. The highest BCUT2D eigenvalue weighted by Gasteiger charge is 2.40. The van der Waals surface area contributed by atoms with Crippen LogP contribution in [-0.4, -0.2) is 72.3 Å². The fraction of sp³-hybridized carbons (Fsp3) is 0.667. The molecule has 4 rings (SSSR count). The highest BCUT2D eigenvalue weighted by Crippen LogP contribution is 2.26. The molecule has 0 spiro atoms. The molecule has 6 heteroatoms. The van der Waals surface area contributed by atoms with Crippen molar-refractivity contribution in [3.8, 4) is 0 Å². The summed E-state index contributed by atoms with van der Waals surface area (Å²) >= 11 is 0. The van der Waals surface area contributed by atoms with Crippen molar-refractivity contribution in [1.29, 1.82) is 0 Å². The molecule has 0 aromatic carbocycles. The Labute approximate surface area is 142 Å². The maximum Gasteiger partial charge on any atom is 0.228 e. The molecular weight excluding hydrogens is 306 g/mol. The Balaban J connectivity index is 1.44. The zero-order valence-electron chi connectivity index (χ0n) is 14.0. The standard InChI is InChI=1S/C18H25N3O3/c22-18(15-4-8-23-13-15)21-6-3-17-16(12-21)20(7-9-24-17)11-14-2-1-5-19-10-14/h1-2,5,10,15-17H,3-4,6-9,11-13H2/t15?,16-,17-/m1/s1. The van der Waals surface area contributed by atoms with Gasteiger partial charge < -0.3 is 14.4 Å². The molecule has 1 aromatic heterocycles. The number of pyridine rings is 1. The lowest BCUT2D eigenvalue weighted by Gasteiger charge is -2.47. The molecule has 4 heterocycles. The number of amides is 1. The number of likely N-dealkylation sites (tertiary alicyclic amines) is 1. The third-order valence-electron chi connectivity index (χ3n) is 5.40. The van der Waals surface area contributed by atoms with Gasteiger partial charge in [-0.05, 0) is 24.5 Å². The third-order valence-corrected chi connectivity index (χ3v) is 5.40. The maximum atomic E-state index is 12.7. The van der Waals surface area contributed by atoms with Crippen LogP contribution < -0.4 is 0 Å². The number of morpholine rings is 1. The van der Waals surface area contributed by atoms with E-state index >= 15 is 0 Å². The predicted octanol–water partition coefficient (Wildman–Crippen LogP) is 0.920. The lowest BCUT2D eigenvalue weighted by atomic mass is 9.96. The van der Waals surface area contributed by atoms with Crippen LogP contribution in [0.15, 0.2) is 24.5 Å². The first-order chi connectivity index (χ1) is 11.8. The van der Waals surface area contributed by atoms with Crippen molar-refractivity contribution >= 4 is 5.91 Å². The molecule has 130 valence electrons. The largest absolute Gasteiger partial charge is 0.381 e. The van der Waals surface area contributed by atoms with Crippen LogP contribution in [0.3, 0.4) is 0 Å². The summed E-state index contributed by atoms with van der Waals surface area (Å²) in [6.07, 6.45) is 5.74. The van der Waals surface area contributed by atoms with E-state index in [1.54, 1.807) is 6.20 Å². The highest BCUT2D eigenvalue weighted by molar-refractivity contribution is 5.79. The fourth-order valence-corrected chi connectivity index (χ4v) is 4.05. The van der Waals surface area contributed by atoms with Gasteiger partial charge in [0.1, 0.15) is 0 Å². The number of carbonyl (C=O) groups is 1. The number of carbonyl (C=O) groups excluding carboxylic acids is 1. The van der Waals surface area contributed by atoms with E-state index in [0.29, 0.717) is 13.2 Å². The summed E-state index contributed by atoms with van der Waals surface area (Å²) in [7, 11) is 0. The van der Waals surface area contributed by atoms with Crippen LogP contribution in [0.2, 0.25) is 0 Å². The number of fused-ring (bicyclic) bond motifs is 1. The molecule has 0 radical (unpaired) electrons. The summed E-state index contributed by atoms with van der Waals surface area (Å²) in [5.74, 6) is 0.315. The van der Waals surface area contributed by atoms with Crippen LogP contribution in [0.1, 0.15) is 18.4 Å². The molecule has 0 aliphatic carbocycles. The summed E-state index contributed by atoms with van der Waals surface area (Å²) in [4.78, 5) is 21.4. The maximum absolute atomic E-state index is 12.7. The Hall–Kier alpha value is -1.50. The zero-order chi connectivity index (χ0) is 16.4. The van der Waals surface area contributed by atoms with Crippen molar-refractivity contribution in [3.05, 3.63) is 30.1 Å². The predicted molar refractivity (Wildman–Crippen MR) is 88.3 cm³/mol. The van der Waals surface area contributed by atoms with Gasteiger partial charge in [-0.25, -0.2) is 0 Å². The summed E-state index contributed by atoms with van der Waals surface area (Å²) < 4.78 is 11.4. The Morgan fingerprint density at radius 3 is 3.04 bits per heavy atom. The first kappa shape index (κ1) is 16.0. The Morgan fingerprint density at radius 1 is 1.29 bits per heavy atom. The molecule has 24 heavy (non-hydrogen) atoms. The molecule has 3 fully saturated rings. The van der Waals surface area contributed by atoms with Crippen LogP contribution >= 0.6 is 0 Å². The summed E-state index contributed by atoms with van der Waals surface area (Å²) in [5.41, 5.74) is 1.21. The lowest BCUT2D eigenvalue weighted by molar-refractivity contribution is -0.147. The number of hydrogen-bond acceptors (Lipinski definition) is 5. The number of piperidine rings is 1. The average molecular weight is 331 g/mol. The van der Waals surface area contributed by atoms with E-state index in [-0.39, 0.29) is 24.0 Å². The van der Waals surface area contributed by atoms with Gasteiger partial charge in [0.05, 0.1) is 31.3 Å². The molecule has 3 atom stereocenters. The molecule has 3 aliphatic rings. The van der Waals surface area contributed by atoms with Crippen molar-refractivity contribution in [2.75, 3.05) is 39.5 Å². The molecule has 3 aliphatic heterocycles. The number of hydrogen-bond donors (Lipinski definition) is 0. The van der Waals surface area contributed by atoms with Crippen molar-refractivity contribution in [2.45, 2.75) is 31.5 Å². The summed E-state index contributed by atoms with van der Waals surface area (Å²) in [5, 5.41) is 0. The minimum absolute atomic E-state index is 0.0535. The summed E-state index contributed by atoms with van der Waals surface area (Å²) in [6.45, 7) is 5.41. The van der Waals surface area contributed by atoms with Gasteiger partial charge >= 0.3 is 0 Å². The third kappa shape index (κ3) is 3.31. The Kier molecular flexibility index (Phi) is 4.78. The van der Waals surface area contributed by atoms with E-state index in [2.05, 4.69) is 16.0 Å². The van der Waals surface area contributed by atoms with E-state index in [0.717, 1.165) is 45.6 Å². The normalized spacial score (nSPS) is 31.0. The number of nitrogens with zero attached hydrogens (tertiary/aromatic N) is 3. The molecule has 1 aromatic rings. The van der Waals surface area contributed by atoms with Crippen molar-refractivity contribution in [3.63, 3.8) is 0 Å². The van der Waals surface area contributed by atoms with Crippen molar-refractivity contribution in [1.82, 2.24) is 14.8 Å². The smallest absolute Gasteiger partial charge is 0.228 e. The number of aromatic nitrogens is 1. The molecule has 1 amide bonds. The zero-order valence-corrected chi connectivity index (χ0v) is 14.0. The van der Waals surface area contributed by atoms with Gasteiger partial charge in [0.25, 0.3) is 0 Å². The van der Waals surface area contributed by atoms with E-state index in [1.807, 2.05) is 17.2 Å². The minimum Gasteiger partial charge on any atom is -0.381 e. The van der Waals surface area contributed by atoms with Gasteiger partial charge in [0.2, 0.25) is 5.91 Å². The second kappa shape index (κ2) is 7.17. The molecular formula is C18H25N3O3. The van der Waals surface area contributed by atoms with Crippen LogP contribution in [0.5, 0.6) is 0 Å². The van der Waals surface area contributed by atoms with Gasteiger partial charge in [-0.15, -0.1) is 0 Å². The van der Waals surface area contributed by atoms with E-state index in [9.17, 15) is 4.79 Å². The molecule has 0 N–H and O–H groups in total. The Morgan fingerprint density at radius 2 is 2.25 bits per heavy atom. The van der Waals surface area contributed by atoms with Gasteiger partial charge in [0.15, 0.2) is 0 Å². The first-order valence-electron chi connectivity index (χ1n) is 8.92. The topological polar surface area (TPSA) is 54.9 Å². The first-order valence-corrected chi connectivity index (χ1v) is 8.92. The molecule has 0 bridgehead atoms. The molecule has 0 saturated carbocycles. The van der Waals surface area contributed by atoms with Crippen LogP contribution in [-0.2, 0) is 20.8 Å². The number of rotatable bonds is 3. The molecule has 1 unspecified atom stereocenters. The van der Waals surface area contributed by atoms with E-state index in [1.165, 1.54) is 5.56 Å². The minimum atomic E-state index is 0.0535.